The fourth-order valence-corrected chi connectivity index (χ4v) is 3.34. The summed E-state index contributed by atoms with van der Waals surface area (Å²) in [5.41, 5.74) is 2.15. The van der Waals surface area contributed by atoms with Crippen LogP contribution >= 0.6 is 0 Å². The highest BCUT2D eigenvalue weighted by Gasteiger charge is 2.24. The number of hydrogen-bond donors (Lipinski definition) is 2. The Kier molecular flexibility index (Phi) is 6.90. The predicted molar refractivity (Wildman–Crippen MR) is 110 cm³/mol. The van der Waals surface area contributed by atoms with Crippen molar-refractivity contribution in [2.24, 2.45) is 10.9 Å². The van der Waals surface area contributed by atoms with E-state index in [0.29, 0.717) is 12.5 Å². The molecule has 1 atom stereocenters. The van der Waals surface area contributed by atoms with E-state index in [9.17, 15) is 0 Å². The topological polar surface area (TPSA) is 61.8 Å². The van der Waals surface area contributed by atoms with Crippen LogP contribution in [0.1, 0.15) is 19.0 Å². The highest BCUT2D eigenvalue weighted by atomic mass is 16.5. The Morgan fingerprint density at radius 2 is 2.07 bits per heavy atom. The van der Waals surface area contributed by atoms with Gasteiger partial charge in [0.2, 0.25) is 0 Å². The Hall–Kier alpha value is -2.76. The summed E-state index contributed by atoms with van der Waals surface area (Å²) in [4.78, 5) is 11.4. The number of aliphatic imine (C=N–C) groups is 1. The van der Waals surface area contributed by atoms with E-state index in [1.165, 1.54) is 5.69 Å². The molecule has 27 heavy (non-hydrogen) atoms. The van der Waals surface area contributed by atoms with Gasteiger partial charge in [0.15, 0.2) is 5.96 Å². The van der Waals surface area contributed by atoms with Gasteiger partial charge in [-0.1, -0.05) is 18.2 Å². The molecule has 0 saturated carbocycles. The third-order valence-electron chi connectivity index (χ3n) is 4.74. The van der Waals surface area contributed by atoms with Crippen LogP contribution in [0.25, 0.3) is 0 Å². The van der Waals surface area contributed by atoms with Crippen LogP contribution in [0.3, 0.4) is 0 Å². The molecule has 0 radical (unpaired) electrons. The molecule has 144 valence electrons. The second-order valence-corrected chi connectivity index (χ2v) is 6.67. The molecular weight excluding hydrogens is 338 g/mol. The molecular formula is C21H29N5O. The van der Waals surface area contributed by atoms with Gasteiger partial charge in [-0.05, 0) is 43.5 Å². The fourth-order valence-electron chi connectivity index (χ4n) is 3.34. The lowest BCUT2D eigenvalue weighted by atomic mass is 10.1. The van der Waals surface area contributed by atoms with Gasteiger partial charge in [-0.2, -0.15) is 0 Å². The Bertz CT molecular complexity index is 734. The summed E-state index contributed by atoms with van der Waals surface area (Å²) in [6.07, 6.45) is 2.96. The molecule has 3 rings (SSSR count). The first-order valence-corrected chi connectivity index (χ1v) is 9.60. The molecule has 2 aromatic rings. The third-order valence-corrected chi connectivity index (χ3v) is 4.74. The molecule has 0 spiro atoms. The van der Waals surface area contributed by atoms with Crippen LogP contribution in [0.4, 0.5) is 5.69 Å². The molecule has 0 aliphatic carbocycles. The SMILES string of the molecule is CCNC(=NCc1ccccn1)NCC1CCN(c2ccccc2OC)C1. The Morgan fingerprint density at radius 3 is 2.85 bits per heavy atom. The summed E-state index contributed by atoms with van der Waals surface area (Å²) in [5.74, 6) is 2.36. The maximum Gasteiger partial charge on any atom is 0.191 e. The number of rotatable bonds is 7. The van der Waals surface area contributed by atoms with Crippen LogP contribution in [0.2, 0.25) is 0 Å². The number of para-hydroxylation sites is 2. The first-order chi connectivity index (χ1) is 13.3. The van der Waals surface area contributed by atoms with Crippen molar-refractivity contribution in [3.8, 4) is 5.75 Å². The Balaban J connectivity index is 1.53. The quantitative estimate of drug-likeness (QED) is 0.582. The summed E-state index contributed by atoms with van der Waals surface area (Å²) in [5, 5.41) is 6.80. The minimum Gasteiger partial charge on any atom is -0.495 e. The number of nitrogens with one attached hydrogen (secondary N) is 2. The second kappa shape index (κ2) is 9.80. The van der Waals surface area contributed by atoms with Crippen LogP contribution in [-0.4, -0.2) is 44.2 Å². The Labute approximate surface area is 161 Å². The van der Waals surface area contributed by atoms with Crippen molar-refractivity contribution < 1.29 is 4.74 Å². The van der Waals surface area contributed by atoms with Crippen molar-refractivity contribution in [1.29, 1.82) is 0 Å². The number of guanidine groups is 1. The van der Waals surface area contributed by atoms with Crippen molar-refractivity contribution in [2.45, 2.75) is 19.9 Å². The van der Waals surface area contributed by atoms with Crippen LogP contribution in [-0.2, 0) is 6.54 Å². The van der Waals surface area contributed by atoms with Crippen molar-refractivity contribution in [3.63, 3.8) is 0 Å². The predicted octanol–water partition coefficient (Wildman–Crippen LogP) is 2.67. The number of nitrogens with zero attached hydrogens (tertiary/aromatic N) is 3. The number of aromatic nitrogens is 1. The number of ether oxygens (including phenoxy) is 1. The zero-order valence-electron chi connectivity index (χ0n) is 16.2. The number of benzene rings is 1. The van der Waals surface area contributed by atoms with E-state index in [-0.39, 0.29) is 0 Å². The molecule has 1 aromatic carbocycles. The molecule has 1 saturated heterocycles. The number of methoxy groups -OCH3 is 1. The van der Waals surface area contributed by atoms with E-state index in [0.717, 1.165) is 50.0 Å². The minimum atomic E-state index is 0.577. The van der Waals surface area contributed by atoms with Crippen LogP contribution in [0.5, 0.6) is 5.75 Å². The van der Waals surface area contributed by atoms with Crippen molar-refractivity contribution in [3.05, 3.63) is 54.4 Å². The van der Waals surface area contributed by atoms with E-state index in [1.807, 2.05) is 30.3 Å². The van der Waals surface area contributed by atoms with Gasteiger partial charge in [0.05, 0.1) is 25.0 Å². The first-order valence-electron chi connectivity index (χ1n) is 9.60. The van der Waals surface area contributed by atoms with E-state index in [4.69, 9.17) is 4.74 Å². The van der Waals surface area contributed by atoms with Crippen molar-refractivity contribution in [1.82, 2.24) is 15.6 Å². The van der Waals surface area contributed by atoms with Crippen LogP contribution in [0, 0.1) is 5.92 Å². The van der Waals surface area contributed by atoms with Gasteiger partial charge in [-0.15, -0.1) is 0 Å². The third kappa shape index (κ3) is 5.36. The molecule has 6 nitrogen and oxygen atoms in total. The highest BCUT2D eigenvalue weighted by molar-refractivity contribution is 5.79. The lowest BCUT2D eigenvalue weighted by Crippen LogP contribution is -2.40. The van der Waals surface area contributed by atoms with Crippen LogP contribution < -0.4 is 20.3 Å². The standard InChI is InChI=1S/C21H29N5O/c1-3-22-21(25-15-18-8-6-7-12-23-18)24-14-17-11-13-26(16-17)19-9-4-5-10-20(19)27-2/h4-10,12,17H,3,11,13-16H2,1-2H3,(H2,22,24,25). The highest BCUT2D eigenvalue weighted by Crippen LogP contribution is 2.31. The van der Waals surface area contributed by atoms with Gasteiger partial charge in [0.25, 0.3) is 0 Å². The van der Waals surface area contributed by atoms with Crippen LogP contribution in [0.15, 0.2) is 53.7 Å². The molecule has 2 N–H and O–H groups in total. The van der Waals surface area contributed by atoms with Gasteiger partial charge < -0.3 is 20.3 Å². The summed E-state index contributed by atoms with van der Waals surface area (Å²) >= 11 is 0. The molecule has 1 aliphatic heterocycles. The number of hydrogen-bond acceptors (Lipinski definition) is 4. The zero-order valence-corrected chi connectivity index (χ0v) is 16.2. The summed E-state index contributed by atoms with van der Waals surface area (Å²) < 4.78 is 5.50. The Morgan fingerprint density at radius 1 is 1.22 bits per heavy atom. The van der Waals surface area contributed by atoms with E-state index in [2.05, 4.69) is 44.6 Å². The van der Waals surface area contributed by atoms with E-state index >= 15 is 0 Å². The lowest BCUT2D eigenvalue weighted by molar-refractivity contribution is 0.414. The number of pyridine rings is 1. The van der Waals surface area contributed by atoms with Crippen molar-refractivity contribution >= 4 is 11.6 Å². The zero-order chi connectivity index (χ0) is 18.9. The lowest BCUT2D eigenvalue weighted by Gasteiger charge is -2.21. The average molecular weight is 367 g/mol. The molecule has 6 heteroatoms. The normalized spacial score (nSPS) is 17.0. The number of anilines is 1. The first kappa shape index (κ1) is 19.0. The van der Waals surface area contributed by atoms with Gasteiger partial charge >= 0.3 is 0 Å². The molecule has 1 unspecified atom stereocenters. The largest absolute Gasteiger partial charge is 0.495 e. The van der Waals surface area contributed by atoms with Gasteiger partial charge in [0, 0.05) is 32.4 Å². The average Bonchev–Trinajstić information content (AvgIpc) is 3.19. The molecule has 1 aliphatic rings. The van der Waals surface area contributed by atoms with Crippen molar-refractivity contribution in [2.75, 3.05) is 38.2 Å². The van der Waals surface area contributed by atoms with E-state index < -0.39 is 0 Å². The van der Waals surface area contributed by atoms with Gasteiger partial charge in [-0.25, -0.2) is 4.99 Å². The molecule has 1 aromatic heterocycles. The summed E-state index contributed by atoms with van der Waals surface area (Å²) in [7, 11) is 1.73. The molecule has 0 amide bonds. The fraction of sp³-hybridized carbons (Fsp3) is 0.429. The molecule has 1 fully saturated rings. The summed E-state index contributed by atoms with van der Waals surface area (Å²) in [6.45, 7) is 6.47. The van der Waals surface area contributed by atoms with E-state index in [1.54, 1.807) is 13.3 Å². The van der Waals surface area contributed by atoms with Gasteiger partial charge in [0.1, 0.15) is 5.75 Å². The van der Waals surface area contributed by atoms with Gasteiger partial charge in [-0.3, -0.25) is 4.98 Å². The summed E-state index contributed by atoms with van der Waals surface area (Å²) in [6, 6.07) is 14.1. The monoisotopic (exact) mass is 367 g/mol. The maximum atomic E-state index is 5.50. The second-order valence-electron chi connectivity index (χ2n) is 6.67. The maximum absolute atomic E-state index is 5.50. The smallest absolute Gasteiger partial charge is 0.191 e. The molecule has 0 bridgehead atoms. The minimum absolute atomic E-state index is 0.577. The molecule has 2 heterocycles.